The molecule has 13 heteroatoms. The molecule has 1 aromatic carbocycles. The lowest BCUT2D eigenvalue weighted by Crippen LogP contribution is -2.21. The Labute approximate surface area is 178 Å². The Morgan fingerprint density at radius 3 is 2.59 bits per heavy atom. The number of nitrogens with two attached hydrogens (primary N) is 1. The summed E-state index contributed by atoms with van der Waals surface area (Å²) in [5.41, 5.74) is 5.28. The SMILES string of the molecule is NC(=O)/C(=C1\Nc2ccc(NC(=O)Cn3ccnc3)cc2N1)c1nccc(C(F)(F)F)n1. The van der Waals surface area contributed by atoms with Crippen LogP contribution in [-0.4, -0.2) is 31.3 Å². The van der Waals surface area contributed by atoms with Gasteiger partial charge < -0.3 is 26.3 Å². The van der Waals surface area contributed by atoms with E-state index in [-0.39, 0.29) is 23.8 Å². The van der Waals surface area contributed by atoms with Crippen molar-refractivity contribution in [2.75, 3.05) is 16.0 Å². The first kappa shape index (κ1) is 20.8. The molecule has 0 fully saturated rings. The van der Waals surface area contributed by atoms with Crippen LogP contribution in [0, 0.1) is 0 Å². The van der Waals surface area contributed by atoms with E-state index in [9.17, 15) is 22.8 Å². The van der Waals surface area contributed by atoms with Crippen molar-refractivity contribution in [3.05, 3.63) is 66.5 Å². The van der Waals surface area contributed by atoms with E-state index < -0.39 is 23.6 Å². The molecular weight excluding hydrogens is 429 g/mol. The molecule has 2 aromatic heterocycles. The number of hydrogen-bond acceptors (Lipinski definition) is 7. The van der Waals surface area contributed by atoms with Crippen molar-refractivity contribution in [2.45, 2.75) is 12.7 Å². The Morgan fingerprint density at radius 1 is 1.12 bits per heavy atom. The van der Waals surface area contributed by atoms with Crippen molar-refractivity contribution in [3.63, 3.8) is 0 Å². The minimum absolute atomic E-state index is 0.0220. The quantitative estimate of drug-likeness (QED) is 0.442. The summed E-state index contributed by atoms with van der Waals surface area (Å²) in [6, 6.07) is 5.52. The number of primary amides is 1. The Hall–Kier alpha value is -4.42. The number of hydrogen-bond donors (Lipinski definition) is 4. The van der Waals surface area contributed by atoms with Gasteiger partial charge in [-0.3, -0.25) is 9.59 Å². The van der Waals surface area contributed by atoms with E-state index in [4.69, 9.17) is 5.73 Å². The van der Waals surface area contributed by atoms with Crippen LogP contribution in [0.5, 0.6) is 0 Å². The number of amides is 2. The van der Waals surface area contributed by atoms with Gasteiger partial charge in [0.25, 0.3) is 5.91 Å². The molecule has 1 aliphatic heterocycles. The van der Waals surface area contributed by atoms with E-state index in [1.807, 2.05) is 0 Å². The van der Waals surface area contributed by atoms with Crippen LogP contribution >= 0.6 is 0 Å². The lowest BCUT2D eigenvalue weighted by atomic mass is 10.2. The first-order valence-electron chi connectivity index (χ1n) is 9.09. The summed E-state index contributed by atoms with van der Waals surface area (Å²) in [6.07, 6.45) is 0.883. The monoisotopic (exact) mass is 444 g/mol. The van der Waals surface area contributed by atoms with Gasteiger partial charge in [-0.15, -0.1) is 0 Å². The molecule has 4 rings (SSSR count). The van der Waals surface area contributed by atoms with Gasteiger partial charge in [0, 0.05) is 24.3 Å². The number of carbonyl (C=O) groups excluding carboxylic acids is 2. The molecule has 32 heavy (non-hydrogen) atoms. The third-order valence-electron chi connectivity index (χ3n) is 4.37. The number of benzene rings is 1. The topological polar surface area (TPSA) is 140 Å². The average Bonchev–Trinajstić information content (AvgIpc) is 3.36. The summed E-state index contributed by atoms with van der Waals surface area (Å²) in [6.45, 7) is 0.0621. The van der Waals surface area contributed by atoms with Gasteiger partial charge in [-0.1, -0.05) is 0 Å². The molecule has 0 saturated heterocycles. The number of carbonyl (C=O) groups is 2. The fraction of sp³-hybridized carbons (Fsp3) is 0.105. The van der Waals surface area contributed by atoms with Gasteiger partial charge in [0.1, 0.15) is 23.6 Å². The highest BCUT2D eigenvalue weighted by Gasteiger charge is 2.34. The molecule has 0 atom stereocenters. The molecule has 2 amide bonds. The minimum atomic E-state index is -4.71. The lowest BCUT2D eigenvalue weighted by Gasteiger charge is -2.10. The first-order valence-corrected chi connectivity index (χ1v) is 9.09. The zero-order valence-electron chi connectivity index (χ0n) is 16.1. The fourth-order valence-electron chi connectivity index (χ4n) is 2.99. The van der Waals surface area contributed by atoms with Crippen molar-refractivity contribution >= 4 is 34.4 Å². The molecule has 0 bridgehead atoms. The average molecular weight is 444 g/mol. The predicted octanol–water partition coefficient (Wildman–Crippen LogP) is 2.02. The van der Waals surface area contributed by atoms with Crippen molar-refractivity contribution in [1.29, 1.82) is 0 Å². The van der Waals surface area contributed by atoms with Crippen LogP contribution < -0.4 is 21.7 Å². The fourth-order valence-corrected chi connectivity index (χ4v) is 2.99. The highest BCUT2D eigenvalue weighted by Crippen LogP contribution is 2.35. The number of fused-ring (bicyclic) bond motifs is 1. The summed E-state index contributed by atoms with van der Waals surface area (Å²) in [5, 5.41) is 8.46. The Bertz CT molecular complexity index is 1220. The van der Waals surface area contributed by atoms with Gasteiger partial charge in [0.2, 0.25) is 5.91 Å². The third-order valence-corrected chi connectivity index (χ3v) is 4.37. The van der Waals surface area contributed by atoms with Crippen LogP contribution in [-0.2, 0) is 22.3 Å². The lowest BCUT2D eigenvalue weighted by molar-refractivity contribution is -0.141. The van der Waals surface area contributed by atoms with Crippen LogP contribution in [0.1, 0.15) is 11.5 Å². The molecule has 0 saturated carbocycles. The molecule has 164 valence electrons. The number of alkyl halides is 3. The maximum Gasteiger partial charge on any atom is 0.433 e. The molecule has 0 unspecified atom stereocenters. The van der Waals surface area contributed by atoms with E-state index >= 15 is 0 Å². The van der Waals surface area contributed by atoms with Crippen molar-refractivity contribution in [3.8, 4) is 0 Å². The second kappa shape index (κ2) is 8.02. The Kier molecular flexibility index (Phi) is 5.22. The summed E-state index contributed by atoms with van der Waals surface area (Å²) in [4.78, 5) is 35.2. The van der Waals surface area contributed by atoms with Crippen LogP contribution in [0.3, 0.4) is 0 Å². The minimum Gasteiger partial charge on any atom is -0.365 e. The van der Waals surface area contributed by atoms with Gasteiger partial charge in [0.05, 0.1) is 17.7 Å². The predicted molar refractivity (Wildman–Crippen MR) is 108 cm³/mol. The molecule has 0 radical (unpaired) electrons. The van der Waals surface area contributed by atoms with E-state index in [1.165, 1.54) is 6.33 Å². The molecule has 3 heterocycles. The largest absolute Gasteiger partial charge is 0.433 e. The summed E-state index contributed by atoms with van der Waals surface area (Å²) in [5.74, 6) is -1.78. The molecule has 0 aliphatic carbocycles. The zero-order chi connectivity index (χ0) is 22.9. The van der Waals surface area contributed by atoms with Crippen LogP contribution in [0.25, 0.3) is 5.57 Å². The normalized spacial score (nSPS) is 14.2. The number of nitrogens with one attached hydrogen (secondary N) is 3. The highest BCUT2D eigenvalue weighted by molar-refractivity contribution is 6.20. The maximum absolute atomic E-state index is 13.0. The van der Waals surface area contributed by atoms with E-state index in [1.54, 1.807) is 35.2 Å². The molecule has 10 nitrogen and oxygen atoms in total. The van der Waals surface area contributed by atoms with Gasteiger partial charge in [-0.05, 0) is 24.3 Å². The highest BCUT2D eigenvalue weighted by atomic mass is 19.4. The van der Waals surface area contributed by atoms with Crippen LogP contribution in [0.4, 0.5) is 30.2 Å². The Morgan fingerprint density at radius 2 is 1.91 bits per heavy atom. The van der Waals surface area contributed by atoms with Gasteiger partial charge in [0.15, 0.2) is 5.82 Å². The van der Waals surface area contributed by atoms with E-state index in [0.717, 1.165) is 6.20 Å². The van der Waals surface area contributed by atoms with E-state index in [2.05, 4.69) is 30.9 Å². The molecular formula is C19H15F3N8O2. The van der Waals surface area contributed by atoms with Gasteiger partial charge in [-0.25, -0.2) is 15.0 Å². The number of rotatable bonds is 5. The molecule has 1 aliphatic rings. The summed E-state index contributed by atoms with van der Waals surface area (Å²) < 4.78 is 40.6. The first-order chi connectivity index (χ1) is 15.2. The smallest absolute Gasteiger partial charge is 0.365 e. The molecule has 5 N–H and O–H groups in total. The molecule has 0 spiro atoms. The van der Waals surface area contributed by atoms with Gasteiger partial charge >= 0.3 is 6.18 Å². The second-order valence-corrected chi connectivity index (χ2v) is 6.67. The molecule has 3 aromatic rings. The van der Waals surface area contributed by atoms with E-state index in [0.29, 0.717) is 23.1 Å². The number of nitrogens with zero attached hydrogens (tertiary/aromatic N) is 4. The summed E-state index contributed by atoms with van der Waals surface area (Å²) in [7, 11) is 0. The zero-order valence-corrected chi connectivity index (χ0v) is 16.1. The second-order valence-electron chi connectivity index (χ2n) is 6.67. The third kappa shape index (κ3) is 4.35. The standard InChI is InChI=1S/C19H15F3N8O2/c20-19(21,22)13-3-4-25-17(29-13)15(16(23)32)18-27-11-2-1-10(7-12(11)28-18)26-14(31)8-30-6-5-24-9-30/h1-7,9,27-28H,8H2,(H2,23,32)(H,26,31)/b18-15-. The Balaban J connectivity index is 1.59. The number of halogens is 3. The van der Waals surface area contributed by atoms with Crippen LogP contribution in [0.2, 0.25) is 0 Å². The van der Waals surface area contributed by atoms with Crippen molar-refractivity contribution in [2.24, 2.45) is 5.73 Å². The number of aromatic nitrogens is 4. The van der Waals surface area contributed by atoms with Crippen molar-refractivity contribution in [1.82, 2.24) is 19.5 Å². The van der Waals surface area contributed by atoms with Gasteiger partial charge in [-0.2, -0.15) is 13.2 Å². The van der Waals surface area contributed by atoms with Crippen molar-refractivity contribution < 1.29 is 22.8 Å². The summed E-state index contributed by atoms with van der Waals surface area (Å²) >= 11 is 0. The number of imidazole rings is 1. The number of anilines is 3. The van der Waals surface area contributed by atoms with Crippen LogP contribution in [0.15, 0.2) is 55.0 Å². The maximum atomic E-state index is 13.0.